The molecule has 5 nitrogen and oxygen atoms in total. The van der Waals surface area contributed by atoms with Crippen molar-refractivity contribution in [1.29, 1.82) is 0 Å². The molecule has 0 saturated carbocycles. The third kappa shape index (κ3) is 8.00. The molecule has 0 aliphatic carbocycles. The first-order valence-electron chi connectivity index (χ1n) is 8.17. The highest BCUT2D eigenvalue weighted by Gasteiger charge is 2.13. The number of nitrogens with one attached hydrogen (secondary N) is 2. The van der Waals surface area contributed by atoms with Crippen LogP contribution >= 0.6 is 35.6 Å². The van der Waals surface area contributed by atoms with Crippen LogP contribution in [0.4, 0.5) is 0 Å². The van der Waals surface area contributed by atoms with Gasteiger partial charge in [-0.2, -0.15) is 0 Å². The Morgan fingerprint density at radius 2 is 2.04 bits per heavy atom. The van der Waals surface area contributed by atoms with Crippen LogP contribution in [-0.2, 0) is 16.0 Å². The van der Waals surface area contributed by atoms with Gasteiger partial charge in [0, 0.05) is 45.0 Å². The lowest BCUT2D eigenvalue weighted by Gasteiger charge is -2.22. The number of halogens is 2. The summed E-state index contributed by atoms with van der Waals surface area (Å²) in [5.41, 5.74) is 1.06. The summed E-state index contributed by atoms with van der Waals surface area (Å²) in [4.78, 5) is 4.21. The fourth-order valence-electron chi connectivity index (χ4n) is 2.41. The number of rotatable bonds is 7. The Balaban J connectivity index is 0.00000288. The second-order valence-corrected chi connectivity index (χ2v) is 5.89. The van der Waals surface area contributed by atoms with Gasteiger partial charge in [0.15, 0.2) is 5.96 Å². The second kappa shape index (κ2) is 12.7. The quantitative estimate of drug-likeness (QED) is 0.280. The minimum absolute atomic E-state index is 0. The summed E-state index contributed by atoms with van der Waals surface area (Å²) < 4.78 is 11.2. The van der Waals surface area contributed by atoms with Gasteiger partial charge < -0.3 is 20.1 Å². The zero-order valence-corrected chi connectivity index (χ0v) is 17.2. The van der Waals surface area contributed by atoms with E-state index in [4.69, 9.17) is 21.1 Å². The first-order valence-corrected chi connectivity index (χ1v) is 8.54. The standard InChI is InChI=1S/C17H26ClN3O2.HI/c1-19-17(21-13-14-5-2-3-6-16(14)18)20-9-4-10-23-15-7-11-22-12-8-15;/h2-3,5-6,15H,4,7-13H2,1H3,(H2,19,20,21);1H. The van der Waals surface area contributed by atoms with Crippen molar-refractivity contribution in [1.82, 2.24) is 10.6 Å². The zero-order chi connectivity index (χ0) is 16.3. The summed E-state index contributed by atoms with van der Waals surface area (Å²) in [7, 11) is 1.76. The first kappa shape index (κ1) is 21.5. The first-order chi connectivity index (χ1) is 11.3. The van der Waals surface area contributed by atoms with Crippen LogP contribution in [0, 0.1) is 0 Å². The normalized spacial score (nSPS) is 15.7. The number of guanidine groups is 1. The fourth-order valence-corrected chi connectivity index (χ4v) is 2.62. The van der Waals surface area contributed by atoms with E-state index in [9.17, 15) is 0 Å². The number of hydrogen-bond donors (Lipinski definition) is 2. The van der Waals surface area contributed by atoms with E-state index in [1.807, 2.05) is 24.3 Å². The predicted molar refractivity (Wildman–Crippen MR) is 109 cm³/mol. The molecular formula is C17H27ClIN3O2. The Bertz CT molecular complexity index is 496. The Morgan fingerprint density at radius 1 is 1.29 bits per heavy atom. The average molecular weight is 468 g/mol. The molecule has 0 aromatic heterocycles. The molecular weight excluding hydrogens is 441 g/mol. The molecule has 0 radical (unpaired) electrons. The summed E-state index contributed by atoms with van der Waals surface area (Å²) in [5.74, 6) is 0.774. The van der Waals surface area contributed by atoms with Gasteiger partial charge in [0.1, 0.15) is 0 Å². The Labute approximate surface area is 166 Å². The molecule has 7 heteroatoms. The number of ether oxygens (including phenoxy) is 2. The fraction of sp³-hybridized carbons (Fsp3) is 0.588. The van der Waals surface area contributed by atoms with E-state index in [0.29, 0.717) is 12.6 Å². The molecule has 1 aromatic carbocycles. The lowest BCUT2D eigenvalue weighted by Crippen LogP contribution is -2.37. The van der Waals surface area contributed by atoms with Crippen molar-refractivity contribution in [3.05, 3.63) is 34.9 Å². The van der Waals surface area contributed by atoms with Crippen molar-refractivity contribution in [2.45, 2.75) is 31.9 Å². The van der Waals surface area contributed by atoms with Gasteiger partial charge in [-0.1, -0.05) is 29.8 Å². The van der Waals surface area contributed by atoms with Crippen molar-refractivity contribution >= 4 is 41.5 Å². The molecule has 1 aromatic rings. The lowest BCUT2D eigenvalue weighted by atomic mass is 10.1. The molecule has 2 N–H and O–H groups in total. The van der Waals surface area contributed by atoms with E-state index in [0.717, 1.165) is 62.2 Å². The highest BCUT2D eigenvalue weighted by Crippen LogP contribution is 2.14. The molecule has 2 rings (SSSR count). The average Bonchev–Trinajstić information content (AvgIpc) is 2.59. The molecule has 0 amide bonds. The van der Waals surface area contributed by atoms with Crippen molar-refractivity contribution in [3.8, 4) is 0 Å². The van der Waals surface area contributed by atoms with Crippen LogP contribution in [0.3, 0.4) is 0 Å². The molecule has 0 unspecified atom stereocenters. The third-order valence-electron chi connectivity index (χ3n) is 3.76. The lowest BCUT2D eigenvalue weighted by molar-refractivity contribution is -0.0320. The second-order valence-electron chi connectivity index (χ2n) is 5.48. The number of benzene rings is 1. The molecule has 136 valence electrons. The van der Waals surface area contributed by atoms with E-state index in [1.165, 1.54) is 0 Å². The summed E-state index contributed by atoms with van der Waals surface area (Å²) in [6.45, 7) is 3.88. The Kier molecular flexibility index (Phi) is 11.4. The summed E-state index contributed by atoms with van der Waals surface area (Å²) in [5, 5.41) is 7.32. The molecule has 0 spiro atoms. The van der Waals surface area contributed by atoms with Crippen LogP contribution in [0.1, 0.15) is 24.8 Å². The van der Waals surface area contributed by atoms with Gasteiger partial charge in [-0.25, -0.2) is 0 Å². The van der Waals surface area contributed by atoms with E-state index in [-0.39, 0.29) is 24.0 Å². The smallest absolute Gasteiger partial charge is 0.191 e. The van der Waals surface area contributed by atoms with Crippen LogP contribution in [-0.4, -0.2) is 45.5 Å². The summed E-state index contributed by atoms with van der Waals surface area (Å²) >= 11 is 6.14. The molecule has 1 heterocycles. The van der Waals surface area contributed by atoms with E-state index >= 15 is 0 Å². The van der Waals surface area contributed by atoms with Crippen molar-refractivity contribution in [2.75, 3.05) is 33.4 Å². The molecule has 1 fully saturated rings. The summed E-state index contributed by atoms with van der Waals surface area (Å²) in [6.07, 6.45) is 3.33. The van der Waals surface area contributed by atoms with Gasteiger partial charge in [-0.05, 0) is 30.9 Å². The van der Waals surface area contributed by atoms with Crippen LogP contribution in [0.5, 0.6) is 0 Å². The Hall–Kier alpha value is -0.570. The molecule has 1 aliphatic rings. The van der Waals surface area contributed by atoms with Crippen LogP contribution in [0.25, 0.3) is 0 Å². The van der Waals surface area contributed by atoms with E-state index in [1.54, 1.807) is 7.05 Å². The van der Waals surface area contributed by atoms with Gasteiger partial charge in [0.05, 0.1) is 6.10 Å². The van der Waals surface area contributed by atoms with E-state index in [2.05, 4.69) is 15.6 Å². The maximum absolute atomic E-state index is 6.14. The van der Waals surface area contributed by atoms with Crippen LogP contribution < -0.4 is 10.6 Å². The number of hydrogen-bond acceptors (Lipinski definition) is 3. The van der Waals surface area contributed by atoms with Crippen LogP contribution in [0.2, 0.25) is 5.02 Å². The number of aliphatic imine (C=N–C) groups is 1. The molecule has 1 saturated heterocycles. The van der Waals surface area contributed by atoms with Crippen molar-refractivity contribution in [2.24, 2.45) is 4.99 Å². The predicted octanol–water partition coefficient (Wildman–Crippen LogP) is 3.21. The minimum Gasteiger partial charge on any atom is -0.381 e. The third-order valence-corrected chi connectivity index (χ3v) is 4.13. The van der Waals surface area contributed by atoms with Gasteiger partial charge in [0.2, 0.25) is 0 Å². The largest absolute Gasteiger partial charge is 0.381 e. The van der Waals surface area contributed by atoms with Crippen molar-refractivity contribution < 1.29 is 9.47 Å². The van der Waals surface area contributed by atoms with Gasteiger partial charge in [-0.15, -0.1) is 24.0 Å². The highest BCUT2D eigenvalue weighted by molar-refractivity contribution is 14.0. The highest BCUT2D eigenvalue weighted by atomic mass is 127. The zero-order valence-electron chi connectivity index (χ0n) is 14.1. The van der Waals surface area contributed by atoms with Crippen molar-refractivity contribution in [3.63, 3.8) is 0 Å². The van der Waals surface area contributed by atoms with Crippen LogP contribution in [0.15, 0.2) is 29.3 Å². The number of nitrogens with zero attached hydrogens (tertiary/aromatic N) is 1. The molecule has 0 atom stereocenters. The van der Waals surface area contributed by atoms with Gasteiger partial charge in [-0.3, -0.25) is 4.99 Å². The topological polar surface area (TPSA) is 54.9 Å². The SMILES string of the molecule is CN=C(NCCCOC1CCOCC1)NCc1ccccc1Cl.I. The van der Waals surface area contributed by atoms with Gasteiger partial charge >= 0.3 is 0 Å². The molecule has 0 bridgehead atoms. The maximum atomic E-state index is 6.14. The van der Waals surface area contributed by atoms with E-state index < -0.39 is 0 Å². The Morgan fingerprint density at radius 3 is 2.75 bits per heavy atom. The molecule has 24 heavy (non-hydrogen) atoms. The summed E-state index contributed by atoms with van der Waals surface area (Å²) in [6, 6.07) is 7.80. The minimum atomic E-state index is 0. The monoisotopic (exact) mass is 467 g/mol. The van der Waals surface area contributed by atoms with Gasteiger partial charge in [0.25, 0.3) is 0 Å². The molecule has 1 aliphatic heterocycles. The maximum Gasteiger partial charge on any atom is 0.191 e.